The number of para-hydroxylation sites is 1. The fourth-order valence-electron chi connectivity index (χ4n) is 4.22. The molecule has 0 aliphatic carbocycles. The maximum absolute atomic E-state index is 9.19. The van der Waals surface area contributed by atoms with Gasteiger partial charge in [-0.05, 0) is 74.8 Å². The Morgan fingerprint density at radius 2 is 1.00 bits per heavy atom. The Morgan fingerprint density at radius 1 is 0.432 bits per heavy atom. The van der Waals surface area contributed by atoms with Crippen molar-refractivity contribution in [2.45, 2.75) is 0 Å². The fourth-order valence-corrected chi connectivity index (χ4v) is 4.22. The van der Waals surface area contributed by atoms with E-state index in [4.69, 9.17) is 22.2 Å². The van der Waals surface area contributed by atoms with Gasteiger partial charge in [0.25, 0.3) is 0 Å². The predicted molar refractivity (Wildman–Crippen MR) is 155 cm³/mol. The standard InChI is InChI=1S/C36H24O/c1-3-10-25(11-4-1)29-22-30(26-12-5-2-6-13-26)24-31(23-29)27-18-20-28(21-19-27)32-15-9-17-35-36(32)33-14-7-8-16-34(33)37-35/h1-24H/i1D,2D,3D,4D,5D,6D,7D,10D,11D,12D,13D,15D,16D,18D,19D,20D,21D. The second kappa shape index (κ2) is 8.96. The molecule has 1 heteroatoms. The van der Waals surface area contributed by atoms with Crippen LogP contribution in [0.2, 0.25) is 0 Å². The lowest BCUT2D eigenvalue weighted by molar-refractivity contribution is 0.669. The van der Waals surface area contributed by atoms with Crippen molar-refractivity contribution in [1.29, 1.82) is 0 Å². The molecule has 0 amide bonds. The SMILES string of the molecule is [2H]c1cc([2H])c2oc3ccc([2H])c(-c4c([2H])c([2H])c(-c5cc(-c6c([2H])c([2H])c([2H])c([2H])c6[2H])cc(-c6c([2H])c([2H])c([2H])c([2H])c6[2H])c5)c([2H])c4[2H])c3c2c1. The fraction of sp³-hybridized carbons (Fsp3) is 0. The van der Waals surface area contributed by atoms with Gasteiger partial charge in [-0.3, -0.25) is 0 Å². The minimum atomic E-state index is -0.670. The molecule has 0 unspecified atom stereocenters. The summed E-state index contributed by atoms with van der Waals surface area (Å²) in [5, 5.41) is 0.474. The minimum Gasteiger partial charge on any atom is -0.456 e. The summed E-state index contributed by atoms with van der Waals surface area (Å²) in [6.07, 6.45) is 0. The Kier molecular flexibility index (Phi) is 2.48. The normalized spacial score (nSPS) is 17.7. The molecule has 0 N–H and O–H groups in total. The van der Waals surface area contributed by atoms with Crippen LogP contribution in [0, 0.1) is 0 Å². The molecule has 0 saturated heterocycles. The molecule has 1 heterocycles. The molecule has 1 aromatic heterocycles. The summed E-state index contributed by atoms with van der Waals surface area (Å²) < 4.78 is 151. The van der Waals surface area contributed by atoms with Crippen LogP contribution in [0.3, 0.4) is 0 Å². The van der Waals surface area contributed by atoms with Crippen molar-refractivity contribution in [3.8, 4) is 44.5 Å². The van der Waals surface area contributed by atoms with Gasteiger partial charge >= 0.3 is 0 Å². The third-order valence-electron chi connectivity index (χ3n) is 5.87. The molecule has 0 atom stereocenters. The summed E-state index contributed by atoms with van der Waals surface area (Å²) in [6, 6.07) is 0.145. The quantitative estimate of drug-likeness (QED) is 0.240. The smallest absolute Gasteiger partial charge is 0.136 e. The van der Waals surface area contributed by atoms with E-state index < -0.39 is 84.6 Å². The van der Waals surface area contributed by atoms with Crippen molar-refractivity contribution in [1.82, 2.24) is 0 Å². The van der Waals surface area contributed by atoms with E-state index in [0.717, 1.165) is 0 Å². The highest BCUT2D eigenvalue weighted by molar-refractivity contribution is 6.12. The zero-order valence-electron chi connectivity index (χ0n) is 35.9. The van der Waals surface area contributed by atoms with Crippen LogP contribution in [0.25, 0.3) is 66.4 Å². The summed E-state index contributed by atoms with van der Waals surface area (Å²) in [6.45, 7) is 0. The van der Waals surface area contributed by atoms with Gasteiger partial charge in [0.05, 0.1) is 23.3 Å². The summed E-state index contributed by atoms with van der Waals surface area (Å²) in [4.78, 5) is 0. The van der Waals surface area contributed by atoms with Crippen LogP contribution < -0.4 is 0 Å². The van der Waals surface area contributed by atoms with Crippen LogP contribution >= 0.6 is 0 Å². The second-order valence-corrected chi connectivity index (χ2v) is 8.09. The molecule has 37 heavy (non-hydrogen) atoms. The van der Waals surface area contributed by atoms with Gasteiger partial charge < -0.3 is 4.42 Å². The largest absolute Gasteiger partial charge is 0.456 e. The lowest BCUT2D eigenvalue weighted by Crippen LogP contribution is -1.86. The van der Waals surface area contributed by atoms with Crippen molar-refractivity contribution in [2.75, 3.05) is 0 Å². The van der Waals surface area contributed by atoms with E-state index in [1.807, 2.05) is 0 Å². The van der Waals surface area contributed by atoms with Crippen LogP contribution in [0.15, 0.2) is 150 Å². The first-order valence-electron chi connectivity index (χ1n) is 19.7. The Bertz CT molecular complexity index is 2630. The number of benzene rings is 6. The van der Waals surface area contributed by atoms with Gasteiger partial charge in [-0.15, -0.1) is 0 Å². The van der Waals surface area contributed by atoms with Crippen LogP contribution in [0.4, 0.5) is 0 Å². The highest BCUT2D eigenvalue weighted by Crippen LogP contribution is 2.38. The maximum atomic E-state index is 9.19. The van der Waals surface area contributed by atoms with Gasteiger partial charge in [-0.1, -0.05) is 115 Å². The van der Waals surface area contributed by atoms with Crippen molar-refractivity contribution in [3.63, 3.8) is 0 Å². The van der Waals surface area contributed by atoms with Crippen molar-refractivity contribution < 1.29 is 27.7 Å². The number of hydrogen-bond donors (Lipinski definition) is 0. The number of rotatable bonds is 4. The lowest BCUT2D eigenvalue weighted by Gasteiger charge is -2.12. The summed E-state index contributed by atoms with van der Waals surface area (Å²) >= 11 is 0. The van der Waals surface area contributed by atoms with Gasteiger partial charge in [0, 0.05) is 10.8 Å². The second-order valence-electron chi connectivity index (χ2n) is 8.09. The minimum absolute atomic E-state index is 0.0275. The van der Waals surface area contributed by atoms with Gasteiger partial charge in [-0.25, -0.2) is 0 Å². The molecule has 7 aromatic rings. The summed E-state index contributed by atoms with van der Waals surface area (Å²) in [5.74, 6) is 0. The zero-order chi connectivity index (χ0) is 39.4. The molecular weight excluding hydrogens is 448 g/mol. The first-order chi connectivity index (χ1) is 25.4. The molecule has 0 aliphatic heterocycles. The topological polar surface area (TPSA) is 13.1 Å². The first-order valence-corrected chi connectivity index (χ1v) is 11.2. The average molecular weight is 490 g/mol. The number of fused-ring (bicyclic) bond motifs is 3. The third kappa shape index (κ3) is 3.91. The van der Waals surface area contributed by atoms with Gasteiger partial charge in [-0.2, -0.15) is 0 Å². The molecule has 0 saturated carbocycles. The first kappa shape index (κ1) is 10.2. The maximum Gasteiger partial charge on any atom is 0.136 e. The molecule has 174 valence electrons. The van der Waals surface area contributed by atoms with E-state index >= 15 is 0 Å². The molecule has 1 nitrogen and oxygen atoms in total. The summed E-state index contributed by atoms with van der Waals surface area (Å²) in [7, 11) is 0. The van der Waals surface area contributed by atoms with Crippen LogP contribution in [-0.4, -0.2) is 0 Å². The molecule has 0 bridgehead atoms. The molecule has 0 radical (unpaired) electrons. The van der Waals surface area contributed by atoms with Crippen LogP contribution in [-0.2, 0) is 0 Å². The summed E-state index contributed by atoms with van der Waals surface area (Å²) in [5.41, 5.74) is -1.26. The monoisotopic (exact) mass is 489 g/mol. The van der Waals surface area contributed by atoms with Crippen LogP contribution in [0.1, 0.15) is 23.3 Å². The average Bonchev–Trinajstić information content (AvgIpc) is 3.50. The van der Waals surface area contributed by atoms with Crippen molar-refractivity contribution in [2.24, 2.45) is 0 Å². The van der Waals surface area contributed by atoms with E-state index in [1.165, 1.54) is 42.5 Å². The van der Waals surface area contributed by atoms with Crippen molar-refractivity contribution in [3.05, 3.63) is 145 Å². The molecule has 0 aliphatic rings. The Hall–Kier alpha value is -4.88. The Morgan fingerprint density at radius 3 is 1.62 bits per heavy atom. The zero-order valence-corrected chi connectivity index (χ0v) is 18.9. The van der Waals surface area contributed by atoms with Crippen molar-refractivity contribution >= 4 is 21.9 Å². The van der Waals surface area contributed by atoms with E-state index in [0.29, 0.717) is 0 Å². The highest BCUT2D eigenvalue weighted by Gasteiger charge is 2.13. The van der Waals surface area contributed by atoms with E-state index in [2.05, 4.69) is 0 Å². The van der Waals surface area contributed by atoms with Gasteiger partial charge in [0.2, 0.25) is 0 Å². The predicted octanol–water partition coefficient (Wildman–Crippen LogP) is 10.3. The Labute approximate surface area is 240 Å². The van der Waals surface area contributed by atoms with E-state index in [1.54, 1.807) is 0 Å². The van der Waals surface area contributed by atoms with Gasteiger partial charge in [0.1, 0.15) is 11.2 Å². The molecule has 0 spiro atoms. The molecular formula is C36H24O. The molecule has 7 rings (SSSR count). The van der Waals surface area contributed by atoms with Crippen LogP contribution in [0.5, 0.6) is 0 Å². The lowest BCUT2D eigenvalue weighted by atomic mass is 9.92. The third-order valence-corrected chi connectivity index (χ3v) is 5.87. The van der Waals surface area contributed by atoms with Gasteiger partial charge in [0.15, 0.2) is 0 Å². The molecule has 0 fully saturated rings. The Balaban J connectivity index is 1.58. The molecule has 6 aromatic carbocycles. The number of furan rings is 1. The number of hydrogen-bond acceptors (Lipinski definition) is 1. The van der Waals surface area contributed by atoms with E-state index in [-0.39, 0.29) is 84.6 Å². The van der Waals surface area contributed by atoms with E-state index in [9.17, 15) is 5.48 Å². The highest BCUT2D eigenvalue weighted by atomic mass is 16.3.